The summed E-state index contributed by atoms with van der Waals surface area (Å²) in [7, 11) is 3.67. The molecule has 1 unspecified atom stereocenters. The molecular formula is C16H21N5O2. The van der Waals surface area contributed by atoms with Gasteiger partial charge < -0.3 is 14.8 Å². The van der Waals surface area contributed by atoms with E-state index < -0.39 is 0 Å². The third-order valence-electron chi connectivity index (χ3n) is 4.24. The van der Waals surface area contributed by atoms with Gasteiger partial charge >= 0.3 is 0 Å². The number of nitrogens with zero attached hydrogens (tertiary/aromatic N) is 3. The molecule has 122 valence electrons. The summed E-state index contributed by atoms with van der Waals surface area (Å²) in [5.41, 5.74) is 2.17. The van der Waals surface area contributed by atoms with Gasteiger partial charge in [0, 0.05) is 45.4 Å². The van der Waals surface area contributed by atoms with Crippen LogP contribution < -0.4 is 10.5 Å². The molecule has 0 aromatic carbocycles. The maximum atomic E-state index is 12.5. The number of likely N-dealkylation sites (tertiary alicyclic amines) is 1. The van der Waals surface area contributed by atoms with Gasteiger partial charge in [0.2, 0.25) is 5.95 Å². The fraction of sp³-hybridized carbons (Fsp3) is 0.438. The smallest absolute Gasteiger partial charge is 0.270 e. The zero-order valence-electron chi connectivity index (χ0n) is 13.6. The lowest BCUT2D eigenvalue weighted by Crippen LogP contribution is -2.29. The lowest BCUT2D eigenvalue weighted by Gasteiger charge is -2.17. The molecule has 1 aliphatic rings. The summed E-state index contributed by atoms with van der Waals surface area (Å²) in [6.45, 7) is 3.17. The van der Waals surface area contributed by atoms with E-state index in [1.807, 2.05) is 32.0 Å². The number of anilines is 1. The van der Waals surface area contributed by atoms with E-state index in [0.717, 1.165) is 17.7 Å². The topological polar surface area (TPSA) is 85.1 Å². The largest absolute Gasteiger partial charge is 0.357 e. The van der Waals surface area contributed by atoms with Gasteiger partial charge in [0.05, 0.1) is 5.69 Å². The summed E-state index contributed by atoms with van der Waals surface area (Å²) in [5.74, 6) is 0.639. The number of carbonyl (C=O) groups excluding carboxylic acids is 1. The van der Waals surface area contributed by atoms with E-state index in [1.54, 1.807) is 11.1 Å². The monoisotopic (exact) mass is 315 g/mol. The molecule has 0 radical (unpaired) electrons. The highest BCUT2D eigenvalue weighted by Gasteiger charge is 2.30. The average molecular weight is 315 g/mol. The van der Waals surface area contributed by atoms with E-state index in [2.05, 4.69) is 15.0 Å². The standard InChI is InChI=1S/C16H21N5O2/c1-10-4-6-17-14(10)15(23)21-7-5-11(9-21)12-8-13(22)19-16(18-12)20(2)3/h4,6,8,11,17H,5,7,9H2,1-3H3,(H,18,19,22). The highest BCUT2D eigenvalue weighted by molar-refractivity contribution is 5.94. The van der Waals surface area contributed by atoms with Crippen LogP contribution in [0.25, 0.3) is 0 Å². The molecule has 1 aliphatic heterocycles. The van der Waals surface area contributed by atoms with Gasteiger partial charge in [-0.15, -0.1) is 0 Å². The summed E-state index contributed by atoms with van der Waals surface area (Å²) < 4.78 is 0. The summed E-state index contributed by atoms with van der Waals surface area (Å²) in [6, 6.07) is 3.42. The van der Waals surface area contributed by atoms with E-state index in [4.69, 9.17) is 0 Å². The molecule has 1 saturated heterocycles. The number of aryl methyl sites for hydroxylation is 1. The van der Waals surface area contributed by atoms with Gasteiger partial charge in [-0.2, -0.15) is 0 Å². The summed E-state index contributed by atoms with van der Waals surface area (Å²) in [4.78, 5) is 38.2. The number of hydrogen-bond donors (Lipinski definition) is 2. The number of aromatic nitrogens is 3. The Morgan fingerprint density at radius 3 is 2.87 bits per heavy atom. The molecule has 7 heteroatoms. The fourth-order valence-electron chi connectivity index (χ4n) is 2.91. The number of aromatic amines is 2. The molecule has 0 saturated carbocycles. The summed E-state index contributed by atoms with van der Waals surface area (Å²) in [6.07, 6.45) is 2.59. The second-order valence-electron chi connectivity index (χ2n) is 6.16. The number of hydrogen-bond acceptors (Lipinski definition) is 4. The first-order chi connectivity index (χ1) is 11.0. The van der Waals surface area contributed by atoms with Crippen LogP contribution >= 0.6 is 0 Å². The van der Waals surface area contributed by atoms with Crippen LogP contribution in [0.3, 0.4) is 0 Å². The van der Waals surface area contributed by atoms with Gasteiger partial charge in [0.1, 0.15) is 5.69 Å². The van der Waals surface area contributed by atoms with Crippen molar-refractivity contribution in [3.8, 4) is 0 Å². The van der Waals surface area contributed by atoms with Crippen molar-refractivity contribution in [3.05, 3.63) is 45.6 Å². The second-order valence-corrected chi connectivity index (χ2v) is 6.16. The van der Waals surface area contributed by atoms with Crippen LogP contribution in [-0.2, 0) is 0 Å². The summed E-state index contributed by atoms with van der Waals surface area (Å²) >= 11 is 0. The first-order valence-electron chi connectivity index (χ1n) is 7.67. The predicted octanol–water partition coefficient (Wildman–Crippen LogP) is 1.10. The molecule has 3 heterocycles. The predicted molar refractivity (Wildman–Crippen MR) is 88.0 cm³/mol. The molecule has 2 N–H and O–H groups in total. The minimum Gasteiger partial charge on any atom is -0.357 e. The molecule has 1 atom stereocenters. The number of nitrogens with one attached hydrogen (secondary N) is 2. The Hall–Kier alpha value is -2.57. The first kappa shape index (κ1) is 15.3. The number of amides is 1. The maximum Gasteiger partial charge on any atom is 0.270 e. The molecule has 23 heavy (non-hydrogen) atoms. The minimum atomic E-state index is -0.163. The van der Waals surface area contributed by atoms with Crippen molar-refractivity contribution >= 4 is 11.9 Å². The van der Waals surface area contributed by atoms with Crippen molar-refractivity contribution in [2.45, 2.75) is 19.3 Å². The van der Waals surface area contributed by atoms with Crippen molar-refractivity contribution in [1.29, 1.82) is 0 Å². The van der Waals surface area contributed by atoms with E-state index >= 15 is 0 Å². The minimum absolute atomic E-state index is 0.00711. The fourth-order valence-corrected chi connectivity index (χ4v) is 2.91. The van der Waals surface area contributed by atoms with E-state index in [9.17, 15) is 9.59 Å². The Labute approximate surface area is 134 Å². The van der Waals surface area contributed by atoms with Crippen LogP contribution in [0.5, 0.6) is 0 Å². The van der Waals surface area contributed by atoms with Crippen molar-refractivity contribution in [1.82, 2.24) is 19.9 Å². The Balaban J connectivity index is 1.79. The van der Waals surface area contributed by atoms with Crippen molar-refractivity contribution in [3.63, 3.8) is 0 Å². The number of carbonyl (C=O) groups is 1. The molecule has 0 spiro atoms. The van der Waals surface area contributed by atoms with Crippen LogP contribution in [0.15, 0.2) is 23.1 Å². The highest BCUT2D eigenvalue weighted by Crippen LogP contribution is 2.27. The van der Waals surface area contributed by atoms with Crippen LogP contribution in [0, 0.1) is 6.92 Å². The lowest BCUT2D eigenvalue weighted by atomic mass is 10.1. The quantitative estimate of drug-likeness (QED) is 0.888. The first-order valence-corrected chi connectivity index (χ1v) is 7.67. The van der Waals surface area contributed by atoms with Crippen LogP contribution in [0.1, 0.15) is 34.1 Å². The van der Waals surface area contributed by atoms with E-state index in [-0.39, 0.29) is 17.4 Å². The molecule has 1 fully saturated rings. The average Bonchev–Trinajstić information content (AvgIpc) is 3.14. The third kappa shape index (κ3) is 2.99. The number of rotatable bonds is 3. The Morgan fingerprint density at radius 1 is 1.43 bits per heavy atom. The van der Waals surface area contributed by atoms with Gasteiger partial charge in [0.15, 0.2) is 0 Å². The van der Waals surface area contributed by atoms with Crippen molar-refractivity contribution in [2.75, 3.05) is 32.1 Å². The molecule has 0 aliphatic carbocycles. The maximum absolute atomic E-state index is 12.5. The van der Waals surface area contributed by atoms with Gasteiger partial charge in [-0.3, -0.25) is 14.6 Å². The third-order valence-corrected chi connectivity index (χ3v) is 4.24. The molecule has 3 rings (SSSR count). The Kier molecular flexibility index (Phi) is 3.94. The zero-order valence-corrected chi connectivity index (χ0v) is 13.6. The SMILES string of the molecule is Cc1cc[nH]c1C(=O)N1CCC(c2cc(=O)[nH]c(N(C)C)n2)C1. The van der Waals surface area contributed by atoms with Gasteiger partial charge in [-0.05, 0) is 25.0 Å². The van der Waals surface area contributed by atoms with Crippen LogP contribution in [0.4, 0.5) is 5.95 Å². The molecule has 0 bridgehead atoms. The highest BCUT2D eigenvalue weighted by atomic mass is 16.2. The van der Waals surface area contributed by atoms with Crippen molar-refractivity contribution in [2.24, 2.45) is 0 Å². The van der Waals surface area contributed by atoms with E-state index in [0.29, 0.717) is 24.7 Å². The molecule has 2 aromatic heterocycles. The van der Waals surface area contributed by atoms with Gasteiger partial charge in [-0.25, -0.2) is 4.98 Å². The Bertz CT molecular complexity index is 777. The van der Waals surface area contributed by atoms with Gasteiger partial charge in [-0.1, -0.05) is 0 Å². The zero-order chi connectivity index (χ0) is 16.6. The normalized spacial score (nSPS) is 17.5. The summed E-state index contributed by atoms with van der Waals surface area (Å²) in [5, 5.41) is 0. The van der Waals surface area contributed by atoms with Crippen LogP contribution in [-0.4, -0.2) is 52.9 Å². The van der Waals surface area contributed by atoms with Crippen LogP contribution in [0.2, 0.25) is 0 Å². The lowest BCUT2D eigenvalue weighted by molar-refractivity contribution is 0.0785. The van der Waals surface area contributed by atoms with Gasteiger partial charge in [0.25, 0.3) is 11.5 Å². The molecule has 2 aromatic rings. The van der Waals surface area contributed by atoms with E-state index in [1.165, 1.54) is 6.07 Å². The van der Waals surface area contributed by atoms with Crippen molar-refractivity contribution < 1.29 is 4.79 Å². The molecule has 1 amide bonds. The second kappa shape index (κ2) is 5.91. The molecular weight excluding hydrogens is 294 g/mol. The Morgan fingerprint density at radius 2 is 2.22 bits per heavy atom. The molecule has 7 nitrogen and oxygen atoms in total. The number of H-pyrrole nitrogens is 2.